The van der Waals surface area contributed by atoms with Gasteiger partial charge in [-0.1, -0.05) is 0 Å². The van der Waals surface area contributed by atoms with Crippen LogP contribution in [0.2, 0.25) is 0 Å². The van der Waals surface area contributed by atoms with E-state index in [0.29, 0.717) is 11.1 Å². The molecule has 1 aliphatic heterocycles. The van der Waals surface area contributed by atoms with Crippen molar-refractivity contribution in [2.24, 2.45) is 5.41 Å². The van der Waals surface area contributed by atoms with Crippen LogP contribution < -0.4 is 5.32 Å². The molecule has 0 unspecified atom stereocenters. The summed E-state index contributed by atoms with van der Waals surface area (Å²) in [6.45, 7) is 7.16. The molecule has 1 heterocycles. The first-order valence-corrected chi connectivity index (χ1v) is 8.83. The molecule has 0 aromatic heterocycles. The van der Waals surface area contributed by atoms with Gasteiger partial charge in [0.25, 0.3) is 0 Å². The molecule has 0 atom stereocenters. The molecule has 24 heavy (non-hydrogen) atoms. The van der Waals surface area contributed by atoms with Crippen LogP contribution in [-0.2, 0) is 9.39 Å². The fraction of sp³-hybridized carbons (Fsp3) is 0.824. The molecule has 0 aromatic rings. The quantitative estimate of drug-likeness (QED) is 0.635. The third-order valence-corrected chi connectivity index (χ3v) is 4.93. The van der Waals surface area contributed by atoms with Gasteiger partial charge in [0.05, 0.1) is 0 Å². The van der Waals surface area contributed by atoms with E-state index in [4.69, 9.17) is 14.7 Å². The molecule has 1 saturated heterocycles. The van der Waals surface area contributed by atoms with E-state index < -0.39 is 11.7 Å². The number of piperidine rings is 1. The number of nitrogens with one attached hydrogen (secondary N) is 1. The standard InChI is InChI=1S/C17H28BN3O3/c1-16(2,3)24-15(22)20-14(18-23-13-19)21-11-9-17(10-12-21)7-5-4-6-8-17/h4-12H2,1-3H3,(H,20,22). The number of hydrogen-bond acceptors (Lipinski definition) is 5. The molecule has 1 aliphatic carbocycles. The fourth-order valence-corrected chi connectivity index (χ4v) is 3.70. The Labute approximate surface area is 145 Å². The first kappa shape index (κ1) is 18.6. The van der Waals surface area contributed by atoms with Crippen molar-refractivity contribution >= 4 is 18.9 Å². The number of carbonyl (C=O) groups is 1. The van der Waals surface area contributed by atoms with E-state index in [1.807, 2.05) is 20.8 Å². The topological polar surface area (TPSA) is 74.6 Å². The normalized spacial score (nSPS) is 20.8. The number of nitrogens with zero attached hydrogens (tertiary/aromatic N) is 2. The predicted octanol–water partition coefficient (Wildman–Crippen LogP) is 2.76. The van der Waals surface area contributed by atoms with Crippen LogP contribution in [0.25, 0.3) is 0 Å². The van der Waals surface area contributed by atoms with Gasteiger partial charge < -0.3 is 0 Å². The molecule has 2 rings (SSSR count). The number of nitriles is 1. The molecule has 0 aromatic carbocycles. The van der Waals surface area contributed by atoms with Crippen LogP contribution in [0.5, 0.6) is 0 Å². The third-order valence-electron chi connectivity index (χ3n) is 4.93. The Morgan fingerprint density at radius 2 is 1.79 bits per heavy atom. The van der Waals surface area contributed by atoms with Crippen LogP contribution in [0.3, 0.4) is 0 Å². The van der Waals surface area contributed by atoms with Crippen LogP contribution >= 0.6 is 0 Å². The summed E-state index contributed by atoms with van der Waals surface area (Å²) in [4.78, 5) is 14.1. The zero-order chi connectivity index (χ0) is 17.6. The molecule has 132 valence electrons. The molecular formula is C17H28BN3O3. The zero-order valence-electron chi connectivity index (χ0n) is 15.1. The number of carbonyl (C=O) groups excluding carboxylic acids is 1. The van der Waals surface area contributed by atoms with Crippen LogP contribution in [0.15, 0.2) is 0 Å². The van der Waals surface area contributed by atoms with Gasteiger partial charge in [0, 0.05) is 0 Å². The minimum absolute atomic E-state index is 0.474. The summed E-state index contributed by atoms with van der Waals surface area (Å²) in [6.07, 6.45) is 9.96. The summed E-state index contributed by atoms with van der Waals surface area (Å²) in [5.41, 5.74) is 0.401. The Hall–Kier alpha value is -1.71. The van der Waals surface area contributed by atoms with Crippen molar-refractivity contribution in [1.29, 1.82) is 5.26 Å². The van der Waals surface area contributed by atoms with Crippen molar-refractivity contribution in [1.82, 2.24) is 10.2 Å². The van der Waals surface area contributed by atoms with Crippen molar-refractivity contribution < 1.29 is 14.2 Å². The van der Waals surface area contributed by atoms with E-state index in [0.717, 1.165) is 25.9 Å². The van der Waals surface area contributed by atoms with Gasteiger partial charge in [-0.05, 0) is 0 Å². The Bertz CT molecular complexity index is 506. The number of hydrogen-bond donors (Lipinski definition) is 1. The van der Waals surface area contributed by atoms with Crippen LogP contribution in [0.4, 0.5) is 4.79 Å². The summed E-state index contributed by atoms with van der Waals surface area (Å²) in [5, 5.41) is 11.4. The summed E-state index contributed by atoms with van der Waals surface area (Å²) >= 11 is 0. The van der Waals surface area contributed by atoms with E-state index >= 15 is 0 Å². The van der Waals surface area contributed by atoms with Gasteiger partial charge in [-0.2, -0.15) is 0 Å². The molecule has 2 aliphatic rings. The molecule has 1 N–H and O–H groups in total. The predicted molar refractivity (Wildman–Crippen MR) is 93.2 cm³/mol. The Balaban J connectivity index is 1.96. The molecule has 6 nitrogen and oxygen atoms in total. The van der Waals surface area contributed by atoms with Crippen LogP contribution in [0.1, 0.15) is 65.7 Å². The van der Waals surface area contributed by atoms with Crippen molar-refractivity contribution in [2.45, 2.75) is 71.3 Å². The fourth-order valence-electron chi connectivity index (χ4n) is 3.70. The number of ether oxygens (including phenoxy) is 1. The second kappa shape index (κ2) is 7.91. The molecule has 2 fully saturated rings. The van der Waals surface area contributed by atoms with Gasteiger partial charge in [0.1, 0.15) is 0 Å². The van der Waals surface area contributed by atoms with Crippen molar-refractivity contribution in [2.75, 3.05) is 13.1 Å². The molecule has 1 saturated carbocycles. The van der Waals surface area contributed by atoms with Gasteiger partial charge in [-0.25, -0.2) is 0 Å². The van der Waals surface area contributed by atoms with Crippen molar-refractivity contribution in [3.63, 3.8) is 0 Å². The minimum atomic E-state index is -0.570. The Kier molecular flexibility index (Phi) is 6.14. The molecule has 0 bridgehead atoms. The Morgan fingerprint density at radius 1 is 1.17 bits per heavy atom. The summed E-state index contributed by atoms with van der Waals surface area (Å²) in [6, 6.07) is 0. The molecule has 1 amide bonds. The SMILES string of the molecule is CC(C)(C)OC(=O)NC(=BOC#N)N1CCC2(CCCCC2)CC1. The van der Waals surface area contributed by atoms with E-state index in [9.17, 15) is 4.79 Å². The van der Waals surface area contributed by atoms with Gasteiger partial charge in [0.15, 0.2) is 0 Å². The summed E-state index contributed by atoms with van der Waals surface area (Å²) in [5.74, 6) is 0. The average Bonchev–Trinajstić information content (AvgIpc) is 2.51. The maximum absolute atomic E-state index is 12.0. The number of amides is 1. The Morgan fingerprint density at radius 3 is 2.33 bits per heavy atom. The first-order chi connectivity index (χ1) is 11.3. The molecule has 7 heteroatoms. The van der Waals surface area contributed by atoms with E-state index in [1.54, 1.807) is 6.26 Å². The van der Waals surface area contributed by atoms with Gasteiger partial charge >= 0.3 is 145 Å². The zero-order valence-corrected chi connectivity index (χ0v) is 15.1. The van der Waals surface area contributed by atoms with Crippen molar-refractivity contribution in [3.8, 4) is 6.26 Å². The van der Waals surface area contributed by atoms with E-state index in [1.165, 1.54) is 39.2 Å². The first-order valence-electron chi connectivity index (χ1n) is 8.83. The maximum atomic E-state index is 12.0. The van der Waals surface area contributed by atoms with Gasteiger partial charge in [-0.15, -0.1) is 0 Å². The van der Waals surface area contributed by atoms with Crippen LogP contribution in [-0.4, -0.2) is 42.5 Å². The number of likely N-dealkylation sites (tertiary alicyclic amines) is 1. The van der Waals surface area contributed by atoms with Crippen LogP contribution in [0, 0.1) is 16.9 Å². The summed E-state index contributed by atoms with van der Waals surface area (Å²) in [7, 11) is 1.29. The van der Waals surface area contributed by atoms with E-state index in [-0.39, 0.29) is 0 Å². The van der Waals surface area contributed by atoms with Gasteiger partial charge in [0.2, 0.25) is 0 Å². The van der Waals surface area contributed by atoms with Gasteiger partial charge in [-0.3, -0.25) is 0 Å². The molecule has 0 radical (unpaired) electrons. The second-order valence-corrected chi connectivity index (χ2v) is 7.89. The van der Waals surface area contributed by atoms with E-state index in [2.05, 4.69) is 10.2 Å². The summed E-state index contributed by atoms with van der Waals surface area (Å²) < 4.78 is 10.0. The molecular weight excluding hydrogens is 305 g/mol. The third kappa shape index (κ3) is 5.43. The molecule has 1 spiro atoms. The second-order valence-electron chi connectivity index (χ2n) is 7.89. The number of alkyl carbamates (subject to hydrolysis) is 1. The average molecular weight is 333 g/mol. The van der Waals surface area contributed by atoms with Crippen molar-refractivity contribution in [3.05, 3.63) is 0 Å². The monoisotopic (exact) mass is 333 g/mol. The number of rotatable bonds is 3.